The second kappa shape index (κ2) is 5.04. The molecule has 18 heavy (non-hydrogen) atoms. The lowest BCUT2D eigenvalue weighted by Gasteiger charge is -2.05. The number of aliphatic imine (C=N–C) groups is 2. The van der Waals surface area contributed by atoms with Crippen LogP contribution in [0.25, 0.3) is 0 Å². The minimum atomic E-state index is -1.25. The Labute approximate surface area is 102 Å². The Morgan fingerprint density at radius 3 is 2.39 bits per heavy atom. The van der Waals surface area contributed by atoms with Gasteiger partial charge in [0.25, 0.3) is 0 Å². The highest BCUT2D eigenvalue weighted by Crippen LogP contribution is 2.27. The van der Waals surface area contributed by atoms with Crippen LogP contribution in [-0.2, 0) is 0 Å². The molecule has 1 aromatic rings. The fourth-order valence-electron chi connectivity index (χ4n) is 1.23. The van der Waals surface area contributed by atoms with Gasteiger partial charge < -0.3 is 27.4 Å². The van der Waals surface area contributed by atoms with Crippen molar-refractivity contribution in [1.82, 2.24) is 0 Å². The number of carbonyl (C=O) groups is 1. The van der Waals surface area contributed by atoms with Crippen molar-refractivity contribution in [2.24, 2.45) is 27.2 Å². The van der Waals surface area contributed by atoms with Gasteiger partial charge in [0.15, 0.2) is 5.96 Å². The fourth-order valence-corrected chi connectivity index (χ4v) is 1.23. The zero-order valence-electron chi connectivity index (χ0n) is 9.58. The predicted molar refractivity (Wildman–Crippen MR) is 66.9 cm³/mol. The number of phenolic OH excluding ortho intramolecular Hbond substituents is 1. The first-order valence-electron chi connectivity index (χ1n) is 4.82. The lowest BCUT2D eigenvalue weighted by atomic mass is 10.1. The molecule has 0 saturated carbocycles. The molecule has 8 heteroatoms. The lowest BCUT2D eigenvalue weighted by molar-refractivity contribution is 0.0697. The minimum absolute atomic E-state index is 0.0558. The number of carboxylic acids is 1. The monoisotopic (exact) mass is 251 g/mol. The van der Waals surface area contributed by atoms with E-state index < -0.39 is 5.97 Å². The first kappa shape index (κ1) is 13.3. The SMILES string of the molecule is Cc1cc(N=C(N)N=C(N)N)c(C(=O)O)cc1O. The standard InChI is InChI=1S/C10H13N5O3/c1-4-2-6(14-10(13)15-9(11)12)5(8(17)18)3-7(4)16/h2-3,16H,1H3,(H,17,18)(H6,11,12,13,14,15). The van der Waals surface area contributed by atoms with E-state index in [9.17, 15) is 9.90 Å². The van der Waals surface area contributed by atoms with Crippen molar-refractivity contribution in [3.63, 3.8) is 0 Å². The van der Waals surface area contributed by atoms with Crippen LogP contribution in [-0.4, -0.2) is 28.1 Å². The molecule has 8 nitrogen and oxygen atoms in total. The Bertz CT molecular complexity index is 547. The molecular weight excluding hydrogens is 238 g/mol. The number of carboxylic acid groups (broad SMARTS) is 1. The molecule has 0 fully saturated rings. The summed E-state index contributed by atoms with van der Waals surface area (Å²) in [6, 6.07) is 2.45. The molecule has 0 atom stereocenters. The van der Waals surface area contributed by atoms with E-state index in [-0.39, 0.29) is 28.9 Å². The maximum atomic E-state index is 11.0. The van der Waals surface area contributed by atoms with Gasteiger partial charge in [0.05, 0.1) is 11.3 Å². The van der Waals surface area contributed by atoms with Crippen LogP contribution in [0.15, 0.2) is 22.1 Å². The van der Waals surface area contributed by atoms with Crippen molar-refractivity contribution in [3.05, 3.63) is 23.3 Å². The minimum Gasteiger partial charge on any atom is -0.508 e. The van der Waals surface area contributed by atoms with Crippen molar-refractivity contribution >= 4 is 23.6 Å². The highest BCUT2D eigenvalue weighted by Gasteiger charge is 2.13. The topological polar surface area (TPSA) is 160 Å². The summed E-state index contributed by atoms with van der Waals surface area (Å²) >= 11 is 0. The average molecular weight is 251 g/mol. The third-order valence-electron chi connectivity index (χ3n) is 2.02. The van der Waals surface area contributed by atoms with Crippen LogP contribution in [0.2, 0.25) is 0 Å². The number of hydrogen-bond donors (Lipinski definition) is 5. The van der Waals surface area contributed by atoms with Crippen molar-refractivity contribution in [1.29, 1.82) is 0 Å². The van der Waals surface area contributed by atoms with Crippen LogP contribution in [0, 0.1) is 6.92 Å². The van der Waals surface area contributed by atoms with E-state index in [0.29, 0.717) is 5.56 Å². The van der Waals surface area contributed by atoms with E-state index in [1.165, 1.54) is 6.07 Å². The summed E-state index contributed by atoms with van der Waals surface area (Å²) in [5.41, 5.74) is 15.9. The molecule has 0 aliphatic rings. The number of aromatic hydroxyl groups is 1. The van der Waals surface area contributed by atoms with Crippen molar-refractivity contribution in [2.45, 2.75) is 6.92 Å². The van der Waals surface area contributed by atoms with Crippen molar-refractivity contribution in [3.8, 4) is 5.75 Å². The van der Waals surface area contributed by atoms with Crippen LogP contribution >= 0.6 is 0 Å². The van der Waals surface area contributed by atoms with E-state index in [4.69, 9.17) is 22.3 Å². The molecule has 0 amide bonds. The van der Waals surface area contributed by atoms with Gasteiger partial charge in [-0.1, -0.05) is 0 Å². The Balaban J connectivity index is 3.36. The first-order chi connectivity index (χ1) is 8.31. The smallest absolute Gasteiger partial charge is 0.338 e. The van der Waals surface area contributed by atoms with Gasteiger partial charge in [-0.25, -0.2) is 9.79 Å². The van der Waals surface area contributed by atoms with E-state index in [2.05, 4.69) is 9.98 Å². The third kappa shape index (κ3) is 3.11. The molecule has 0 spiro atoms. The molecule has 1 aromatic carbocycles. The Hall–Kier alpha value is -2.77. The lowest BCUT2D eigenvalue weighted by Crippen LogP contribution is -2.26. The van der Waals surface area contributed by atoms with Crippen LogP contribution in [0.3, 0.4) is 0 Å². The second-order valence-electron chi connectivity index (χ2n) is 3.47. The quantitative estimate of drug-likeness (QED) is 0.355. The molecule has 0 radical (unpaired) electrons. The number of aromatic carboxylic acids is 1. The van der Waals surface area contributed by atoms with E-state index in [1.54, 1.807) is 6.92 Å². The third-order valence-corrected chi connectivity index (χ3v) is 2.02. The predicted octanol–water partition coefficient (Wildman–Crippen LogP) is -0.382. The number of rotatable bonds is 2. The summed E-state index contributed by atoms with van der Waals surface area (Å²) in [5, 5.41) is 18.4. The molecule has 1 rings (SSSR count). The number of benzene rings is 1. The Kier molecular flexibility index (Phi) is 3.72. The highest BCUT2D eigenvalue weighted by atomic mass is 16.4. The molecule has 0 unspecified atom stereocenters. The van der Waals surface area contributed by atoms with Crippen molar-refractivity contribution in [2.75, 3.05) is 0 Å². The molecule has 0 aliphatic carbocycles. The summed E-state index contributed by atoms with van der Waals surface area (Å²) in [7, 11) is 0. The molecule has 96 valence electrons. The number of guanidine groups is 2. The van der Waals surface area contributed by atoms with Crippen LogP contribution in [0.1, 0.15) is 15.9 Å². The van der Waals surface area contributed by atoms with Crippen molar-refractivity contribution < 1.29 is 15.0 Å². The maximum absolute atomic E-state index is 11.0. The van der Waals surface area contributed by atoms with Gasteiger partial charge in [0, 0.05) is 0 Å². The van der Waals surface area contributed by atoms with E-state index >= 15 is 0 Å². The Morgan fingerprint density at radius 2 is 1.89 bits per heavy atom. The normalized spacial score (nSPS) is 11.1. The zero-order chi connectivity index (χ0) is 13.9. The summed E-state index contributed by atoms with van der Waals surface area (Å²) in [4.78, 5) is 18.2. The fraction of sp³-hybridized carbons (Fsp3) is 0.100. The van der Waals surface area contributed by atoms with Crippen LogP contribution in [0.4, 0.5) is 5.69 Å². The van der Waals surface area contributed by atoms with Crippen LogP contribution < -0.4 is 17.2 Å². The van der Waals surface area contributed by atoms with Gasteiger partial charge >= 0.3 is 5.97 Å². The molecule has 8 N–H and O–H groups in total. The second-order valence-corrected chi connectivity index (χ2v) is 3.47. The average Bonchev–Trinajstić information content (AvgIpc) is 2.21. The summed E-state index contributed by atoms with van der Waals surface area (Å²) < 4.78 is 0. The van der Waals surface area contributed by atoms with Gasteiger partial charge in [-0.3, -0.25) is 0 Å². The number of nitrogens with zero attached hydrogens (tertiary/aromatic N) is 2. The van der Waals surface area contributed by atoms with Crippen LogP contribution in [0.5, 0.6) is 5.75 Å². The summed E-state index contributed by atoms with van der Waals surface area (Å²) in [5.74, 6) is -1.96. The maximum Gasteiger partial charge on any atom is 0.338 e. The van der Waals surface area contributed by atoms with Gasteiger partial charge in [-0.15, -0.1) is 0 Å². The number of nitrogens with two attached hydrogens (primary N) is 3. The van der Waals surface area contributed by atoms with E-state index in [0.717, 1.165) is 6.07 Å². The summed E-state index contributed by atoms with van der Waals surface area (Å²) in [6.45, 7) is 1.59. The van der Waals surface area contributed by atoms with Gasteiger partial charge in [-0.2, -0.15) is 4.99 Å². The molecule has 0 heterocycles. The van der Waals surface area contributed by atoms with Gasteiger partial charge in [-0.05, 0) is 24.6 Å². The zero-order valence-corrected chi connectivity index (χ0v) is 9.58. The molecule has 0 bridgehead atoms. The molecule has 0 aromatic heterocycles. The van der Waals surface area contributed by atoms with Gasteiger partial charge in [0.1, 0.15) is 5.75 Å². The highest BCUT2D eigenvalue weighted by molar-refractivity contribution is 5.98. The molecular formula is C10H13N5O3. The summed E-state index contributed by atoms with van der Waals surface area (Å²) in [6.07, 6.45) is 0. The first-order valence-corrected chi connectivity index (χ1v) is 4.82. The Morgan fingerprint density at radius 1 is 1.28 bits per heavy atom. The molecule has 0 saturated heterocycles. The number of phenols is 1. The molecule has 0 aliphatic heterocycles. The van der Waals surface area contributed by atoms with Gasteiger partial charge in [0.2, 0.25) is 5.96 Å². The largest absolute Gasteiger partial charge is 0.508 e. The number of hydrogen-bond acceptors (Lipinski definition) is 3. The number of aryl methyl sites for hydroxylation is 1. The van der Waals surface area contributed by atoms with E-state index in [1.807, 2.05) is 0 Å².